The summed E-state index contributed by atoms with van der Waals surface area (Å²) in [5, 5.41) is 27.8. The fourth-order valence-corrected chi connectivity index (χ4v) is 3.72. The maximum absolute atomic E-state index is 14.8. The number of carbonyl (C=O) groups excluding carboxylic acids is 1. The molecule has 0 saturated carbocycles. The van der Waals surface area contributed by atoms with Crippen LogP contribution in [0.15, 0.2) is 29.6 Å². The quantitative estimate of drug-likeness (QED) is 0.627. The van der Waals surface area contributed by atoms with Crippen LogP contribution < -0.4 is 20.4 Å². The monoisotopic (exact) mass is 402 g/mol. The van der Waals surface area contributed by atoms with Crippen LogP contribution in [0, 0.1) is 5.82 Å². The second-order valence-corrected chi connectivity index (χ2v) is 7.12. The minimum atomic E-state index is -0.595. The summed E-state index contributed by atoms with van der Waals surface area (Å²) in [5.74, 6) is 0.0950. The largest absolute Gasteiger partial charge is 0.441 e. The average molecular weight is 402 g/mol. The number of hydrogen-bond acceptors (Lipinski definition) is 9. The number of aromatic nitrogens is 4. The van der Waals surface area contributed by atoms with E-state index in [0.717, 1.165) is 11.4 Å². The highest BCUT2D eigenvalue weighted by Crippen LogP contribution is 2.31. The summed E-state index contributed by atoms with van der Waals surface area (Å²) in [6.07, 6.45) is -1.59. The van der Waals surface area contributed by atoms with E-state index >= 15 is 0 Å². The van der Waals surface area contributed by atoms with E-state index in [1.807, 2.05) is 4.90 Å². The van der Waals surface area contributed by atoms with E-state index in [0.29, 0.717) is 30.3 Å². The molecule has 1 saturated heterocycles. The zero-order valence-electron chi connectivity index (χ0n) is 15.5. The lowest BCUT2D eigenvalue weighted by Crippen LogP contribution is -2.34. The molecule has 12 heteroatoms. The summed E-state index contributed by atoms with van der Waals surface area (Å²) < 4.78 is 19.8. The summed E-state index contributed by atoms with van der Waals surface area (Å²) >= 11 is 0. The molecule has 152 valence electrons. The van der Waals surface area contributed by atoms with Crippen LogP contribution >= 0.6 is 0 Å². The zero-order chi connectivity index (χ0) is 20.1. The van der Waals surface area contributed by atoms with Gasteiger partial charge in [0.2, 0.25) is 0 Å². The van der Waals surface area contributed by atoms with Crippen molar-refractivity contribution < 1.29 is 19.0 Å². The summed E-state index contributed by atoms with van der Waals surface area (Å²) in [5.41, 5.74) is 2.75. The molecule has 1 atom stereocenters. The minimum Gasteiger partial charge on any atom is -0.441 e. The molecule has 5 rings (SSSR count). The molecule has 2 aromatic rings. The van der Waals surface area contributed by atoms with Crippen molar-refractivity contribution in [3.05, 3.63) is 41.0 Å². The molecule has 0 unspecified atom stereocenters. The van der Waals surface area contributed by atoms with Gasteiger partial charge in [0.15, 0.2) is 0 Å². The molecule has 3 aliphatic rings. The summed E-state index contributed by atoms with van der Waals surface area (Å²) in [6, 6.07) is 4.61. The SMILES string of the molecule is Cn1nnc(N2CC3=C(C2)NC(c2ccc(N4C[C@H](CO)OC4=O)cc2F)N3)n1. The molecule has 1 aromatic carbocycles. The van der Waals surface area contributed by atoms with Crippen molar-refractivity contribution in [1.82, 2.24) is 30.8 Å². The first kappa shape index (κ1) is 17.7. The maximum atomic E-state index is 14.8. The highest BCUT2D eigenvalue weighted by molar-refractivity contribution is 5.89. The third-order valence-electron chi connectivity index (χ3n) is 5.16. The third kappa shape index (κ3) is 3.01. The van der Waals surface area contributed by atoms with Crippen LogP contribution in [0.2, 0.25) is 0 Å². The summed E-state index contributed by atoms with van der Waals surface area (Å²) in [4.78, 5) is 16.6. The third-order valence-corrected chi connectivity index (χ3v) is 5.16. The smallest absolute Gasteiger partial charge is 0.414 e. The fraction of sp³-hybridized carbons (Fsp3) is 0.412. The molecule has 0 aliphatic carbocycles. The molecule has 4 heterocycles. The Morgan fingerprint density at radius 3 is 2.66 bits per heavy atom. The minimum absolute atomic E-state index is 0.191. The van der Waals surface area contributed by atoms with Crippen LogP contribution in [-0.4, -0.2) is 63.8 Å². The second-order valence-electron chi connectivity index (χ2n) is 7.12. The van der Waals surface area contributed by atoms with Gasteiger partial charge < -0.3 is 25.4 Å². The second kappa shape index (κ2) is 6.58. The Kier molecular flexibility index (Phi) is 4.01. The van der Waals surface area contributed by atoms with Crippen molar-refractivity contribution in [2.24, 2.45) is 7.05 Å². The number of carbonyl (C=O) groups is 1. The first-order chi connectivity index (χ1) is 14.0. The molecule has 11 nitrogen and oxygen atoms in total. The molecule has 0 radical (unpaired) electrons. The molecular formula is C17H19FN8O3. The standard InChI is InChI=1S/C17H19FN8O3/c1-24-22-16(21-23-24)25-6-13-14(7-25)20-15(19-13)11-3-2-9(4-12(11)18)26-5-10(8-27)29-17(26)28/h2-4,10,15,19-20,27H,5-8H2,1H3/t10-/m1/s1. The normalized spacial score (nSPS) is 21.5. The number of aliphatic hydroxyl groups is 1. The first-order valence-corrected chi connectivity index (χ1v) is 9.14. The van der Waals surface area contributed by atoms with E-state index in [1.165, 1.54) is 15.8 Å². The van der Waals surface area contributed by atoms with E-state index in [1.54, 1.807) is 19.2 Å². The van der Waals surface area contributed by atoms with Crippen LogP contribution in [-0.2, 0) is 11.8 Å². The lowest BCUT2D eigenvalue weighted by molar-refractivity contribution is 0.0963. The molecule has 1 amide bonds. The highest BCUT2D eigenvalue weighted by atomic mass is 19.1. The van der Waals surface area contributed by atoms with Crippen molar-refractivity contribution in [2.45, 2.75) is 12.3 Å². The number of ether oxygens (including phenoxy) is 1. The molecule has 0 spiro atoms. The van der Waals surface area contributed by atoms with Crippen LogP contribution in [0.25, 0.3) is 0 Å². The van der Waals surface area contributed by atoms with Gasteiger partial charge in [-0.15, -0.1) is 5.10 Å². The lowest BCUT2D eigenvalue weighted by atomic mass is 10.1. The van der Waals surface area contributed by atoms with E-state index < -0.39 is 24.2 Å². The van der Waals surface area contributed by atoms with Crippen LogP contribution in [0.3, 0.4) is 0 Å². The van der Waals surface area contributed by atoms with Gasteiger partial charge in [-0.25, -0.2) is 9.18 Å². The topological polar surface area (TPSA) is 121 Å². The van der Waals surface area contributed by atoms with Crippen LogP contribution in [0.5, 0.6) is 0 Å². The predicted molar refractivity (Wildman–Crippen MR) is 98.2 cm³/mol. The average Bonchev–Trinajstić information content (AvgIpc) is 3.44. The zero-order valence-corrected chi connectivity index (χ0v) is 15.5. The Morgan fingerprint density at radius 1 is 1.31 bits per heavy atom. The van der Waals surface area contributed by atoms with Crippen LogP contribution in [0.4, 0.5) is 20.8 Å². The number of hydrogen-bond donors (Lipinski definition) is 3. The van der Waals surface area contributed by atoms with Crippen molar-refractivity contribution >= 4 is 17.7 Å². The van der Waals surface area contributed by atoms with Gasteiger partial charge in [-0.3, -0.25) is 4.90 Å². The van der Waals surface area contributed by atoms with E-state index in [2.05, 4.69) is 26.0 Å². The Labute approximate surface area is 164 Å². The molecule has 1 fully saturated rings. The highest BCUT2D eigenvalue weighted by Gasteiger charge is 2.35. The van der Waals surface area contributed by atoms with E-state index in [-0.39, 0.29) is 13.2 Å². The number of nitrogens with zero attached hydrogens (tertiary/aromatic N) is 6. The number of aryl methyl sites for hydroxylation is 1. The van der Waals surface area contributed by atoms with E-state index in [9.17, 15) is 9.18 Å². The van der Waals surface area contributed by atoms with E-state index in [4.69, 9.17) is 9.84 Å². The van der Waals surface area contributed by atoms with Gasteiger partial charge in [-0.05, 0) is 17.3 Å². The maximum Gasteiger partial charge on any atom is 0.414 e. The fourth-order valence-electron chi connectivity index (χ4n) is 3.72. The molecule has 3 aliphatic heterocycles. The Balaban J connectivity index is 1.27. The first-order valence-electron chi connectivity index (χ1n) is 9.14. The number of tetrazole rings is 1. The van der Waals surface area contributed by atoms with Crippen molar-refractivity contribution in [1.29, 1.82) is 0 Å². The summed E-state index contributed by atoms with van der Waals surface area (Å²) in [7, 11) is 1.71. The number of amides is 1. The molecule has 1 aromatic heterocycles. The molecular weight excluding hydrogens is 383 g/mol. The van der Waals surface area contributed by atoms with Gasteiger partial charge in [-0.2, -0.15) is 4.80 Å². The van der Waals surface area contributed by atoms with Crippen molar-refractivity contribution in [3.8, 4) is 0 Å². The Morgan fingerprint density at radius 2 is 2.07 bits per heavy atom. The van der Waals surface area contributed by atoms with Gasteiger partial charge in [0.25, 0.3) is 5.95 Å². The number of rotatable bonds is 4. The van der Waals surface area contributed by atoms with Gasteiger partial charge in [0, 0.05) is 5.56 Å². The number of benzene rings is 1. The number of aliphatic hydroxyl groups excluding tert-OH is 1. The van der Waals surface area contributed by atoms with Gasteiger partial charge in [0.1, 0.15) is 18.1 Å². The molecule has 3 N–H and O–H groups in total. The number of halogens is 1. The Hall–Kier alpha value is -3.41. The van der Waals surface area contributed by atoms with Crippen molar-refractivity contribution in [2.75, 3.05) is 36.0 Å². The van der Waals surface area contributed by atoms with Gasteiger partial charge >= 0.3 is 6.09 Å². The lowest BCUT2D eigenvalue weighted by Gasteiger charge is -2.22. The number of nitrogens with one attached hydrogen (secondary N) is 2. The Bertz CT molecular complexity index is 990. The van der Waals surface area contributed by atoms with Gasteiger partial charge in [0.05, 0.1) is 50.4 Å². The van der Waals surface area contributed by atoms with Gasteiger partial charge in [-0.1, -0.05) is 11.2 Å². The van der Waals surface area contributed by atoms with Crippen molar-refractivity contribution in [3.63, 3.8) is 0 Å². The number of cyclic esters (lactones) is 1. The molecule has 0 bridgehead atoms. The molecule has 29 heavy (non-hydrogen) atoms. The van der Waals surface area contributed by atoms with Crippen LogP contribution in [0.1, 0.15) is 11.7 Å². The predicted octanol–water partition coefficient (Wildman–Crippen LogP) is -0.410. The number of anilines is 2. The summed E-state index contributed by atoms with van der Waals surface area (Å²) in [6.45, 7) is 1.08.